The second-order valence-electron chi connectivity index (χ2n) is 4.86. The Labute approximate surface area is 99.7 Å². The Hall–Kier alpha value is -1.02. The summed E-state index contributed by atoms with van der Waals surface area (Å²) >= 11 is 0. The lowest BCUT2D eigenvalue weighted by Crippen LogP contribution is -2.16. The van der Waals surface area contributed by atoms with E-state index < -0.39 is 0 Å². The van der Waals surface area contributed by atoms with Gasteiger partial charge in [0.25, 0.3) is 0 Å². The van der Waals surface area contributed by atoms with Crippen molar-refractivity contribution in [2.45, 2.75) is 26.2 Å². The normalized spacial score (nSPS) is 11.1. The van der Waals surface area contributed by atoms with Crippen molar-refractivity contribution in [3.8, 4) is 0 Å². The van der Waals surface area contributed by atoms with Crippen LogP contribution in [0.1, 0.15) is 31.7 Å². The number of nitrogens with zero attached hydrogens (tertiary/aromatic N) is 1. The average Bonchev–Trinajstić information content (AvgIpc) is 2.24. The summed E-state index contributed by atoms with van der Waals surface area (Å²) in [5.41, 5.74) is 2.64. The first kappa shape index (κ1) is 13.0. The van der Waals surface area contributed by atoms with Crippen LogP contribution >= 0.6 is 0 Å². The van der Waals surface area contributed by atoms with E-state index in [1.807, 2.05) is 0 Å². The quantitative estimate of drug-likeness (QED) is 0.741. The molecule has 0 saturated heterocycles. The van der Waals surface area contributed by atoms with Crippen molar-refractivity contribution in [3.05, 3.63) is 29.8 Å². The van der Waals surface area contributed by atoms with E-state index in [9.17, 15) is 0 Å². The minimum absolute atomic E-state index is 0.600. The molecular weight excluding hydrogens is 196 g/mol. The van der Waals surface area contributed by atoms with Crippen molar-refractivity contribution >= 4 is 5.69 Å². The van der Waals surface area contributed by atoms with Gasteiger partial charge in [0, 0.05) is 12.2 Å². The van der Waals surface area contributed by atoms with Gasteiger partial charge in [-0.05, 0) is 50.7 Å². The van der Waals surface area contributed by atoms with E-state index in [2.05, 4.69) is 62.4 Å². The molecule has 0 aliphatic heterocycles. The lowest BCUT2D eigenvalue weighted by atomic mass is 10.0. The summed E-state index contributed by atoms with van der Waals surface area (Å²) in [6.45, 7) is 6.63. The van der Waals surface area contributed by atoms with Gasteiger partial charge < -0.3 is 10.2 Å². The zero-order valence-electron chi connectivity index (χ0n) is 11.0. The standard InChI is InChI=1S/C14H24N2/c1-12(2)13-7-5-8-14(11-13)15-9-6-10-16(3)4/h5,7-8,11-12,15H,6,9-10H2,1-4H3. The minimum atomic E-state index is 0.600. The molecule has 1 aromatic carbocycles. The second-order valence-corrected chi connectivity index (χ2v) is 4.86. The molecule has 0 heterocycles. The number of rotatable bonds is 6. The molecule has 0 aliphatic carbocycles. The highest BCUT2D eigenvalue weighted by Gasteiger charge is 1.99. The summed E-state index contributed by atoms with van der Waals surface area (Å²) in [6, 6.07) is 8.71. The molecule has 0 amide bonds. The van der Waals surface area contributed by atoms with Crippen LogP contribution in [-0.2, 0) is 0 Å². The Kier molecular flexibility index (Phi) is 5.33. The molecule has 90 valence electrons. The van der Waals surface area contributed by atoms with Gasteiger partial charge >= 0.3 is 0 Å². The lowest BCUT2D eigenvalue weighted by molar-refractivity contribution is 0.405. The lowest BCUT2D eigenvalue weighted by Gasteiger charge is -2.12. The summed E-state index contributed by atoms with van der Waals surface area (Å²) in [4.78, 5) is 2.21. The largest absolute Gasteiger partial charge is 0.385 e. The third-order valence-electron chi connectivity index (χ3n) is 2.66. The first-order valence-electron chi connectivity index (χ1n) is 6.08. The van der Waals surface area contributed by atoms with Crippen LogP contribution in [0.3, 0.4) is 0 Å². The van der Waals surface area contributed by atoms with Crippen molar-refractivity contribution in [3.63, 3.8) is 0 Å². The highest BCUT2D eigenvalue weighted by Crippen LogP contribution is 2.18. The number of benzene rings is 1. The summed E-state index contributed by atoms with van der Waals surface area (Å²) in [5.74, 6) is 0.600. The van der Waals surface area contributed by atoms with Crippen LogP contribution in [0, 0.1) is 0 Å². The van der Waals surface area contributed by atoms with Gasteiger partial charge in [0.05, 0.1) is 0 Å². The van der Waals surface area contributed by atoms with Crippen LogP contribution in [0.4, 0.5) is 5.69 Å². The van der Waals surface area contributed by atoms with Gasteiger partial charge in [-0.2, -0.15) is 0 Å². The van der Waals surface area contributed by atoms with Crippen LogP contribution < -0.4 is 5.32 Å². The number of hydrogen-bond donors (Lipinski definition) is 1. The van der Waals surface area contributed by atoms with Crippen molar-refractivity contribution in [2.75, 3.05) is 32.5 Å². The molecule has 1 rings (SSSR count). The molecule has 0 bridgehead atoms. The van der Waals surface area contributed by atoms with Crippen molar-refractivity contribution < 1.29 is 0 Å². The van der Waals surface area contributed by atoms with E-state index in [1.165, 1.54) is 17.7 Å². The first-order valence-corrected chi connectivity index (χ1v) is 6.08. The number of anilines is 1. The molecule has 1 N–H and O–H groups in total. The minimum Gasteiger partial charge on any atom is -0.385 e. The van der Waals surface area contributed by atoms with Gasteiger partial charge in [0.1, 0.15) is 0 Å². The Morgan fingerprint density at radius 3 is 2.62 bits per heavy atom. The maximum absolute atomic E-state index is 3.47. The smallest absolute Gasteiger partial charge is 0.0343 e. The molecule has 2 nitrogen and oxygen atoms in total. The average molecular weight is 220 g/mol. The Balaban J connectivity index is 2.39. The molecule has 0 aromatic heterocycles. The number of hydrogen-bond acceptors (Lipinski definition) is 2. The fourth-order valence-electron chi connectivity index (χ4n) is 1.64. The van der Waals surface area contributed by atoms with E-state index in [0.29, 0.717) is 5.92 Å². The van der Waals surface area contributed by atoms with Crippen molar-refractivity contribution in [1.29, 1.82) is 0 Å². The molecule has 0 spiro atoms. The van der Waals surface area contributed by atoms with Gasteiger partial charge in [-0.25, -0.2) is 0 Å². The predicted octanol–water partition coefficient (Wildman–Crippen LogP) is 3.17. The first-order chi connectivity index (χ1) is 7.59. The maximum Gasteiger partial charge on any atom is 0.0343 e. The summed E-state index contributed by atoms with van der Waals surface area (Å²) in [7, 11) is 4.22. The van der Waals surface area contributed by atoms with Gasteiger partial charge in [-0.3, -0.25) is 0 Å². The molecule has 2 heteroatoms. The molecule has 0 aliphatic rings. The molecule has 0 unspecified atom stereocenters. The fourth-order valence-corrected chi connectivity index (χ4v) is 1.64. The number of nitrogens with one attached hydrogen (secondary N) is 1. The molecule has 0 saturated carbocycles. The van der Waals surface area contributed by atoms with Crippen LogP contribution in [0.15, 0.2) is 24.3 Å². The zero-order valence-corrected chi connectivity index (χ0v) is 11.0. The summed E-state index contributed by atoms with van der Waals surface area (Å²) in [5, 5.41) is 3.47. The molecule has 0 fully saturated rings. The van der Waals surface area contributed by atoms with E-state index in [4.69, 9.17) is 0 Å². The van der Waals surface area contributed by atoms with Crippen LogP contribution in [0.5, 0.6) is 0 Å². The SMILES string of the molecule is CC(C)c1cccc(NCCCN(C)C)c1. The molecular formula is C14H24N2. The topological polar surface area (TPSA) is 15.3 Å². The van der Waals surface area contributed by atoms with Crippen LogP contribution in [0.25, 0.3) is 0 Å². The second kappa shape index (κ2) is 6.54. The Bertz CT molecular complexity index is 305. The maximum atomic E-state index is 3.47. The van der Waals surface area contributed by atoms with Gasteiger partial charge in [-0.15, -0.1) is 0 Å². The van der Waals surface area contributed by atoms with E-state index in [0.717, 1.165) is 13.1 Å². The Morgan fingerprint density at radius 1 is 1.25 bits per heavy atom. The third kappa shape index (κ3) is 4.67. The Morgan fingerprint density at radius 2 is 2.00 bits per heavy atom. The zero-order chi connectivity index (χ0) is 12.0. The van der Waals surface area contributed by atoms with E-state index >= 15 is 0 Å². The summed E-state index contributed by atoms with van der Waals surface area (Å²) in [6.07, 6.45) is 1.18. The van der Waals surface area contributed by atoms with Crippen LogP contribution in [-0.4, -0.2) is 32.1 Å². The highest BCUT2D eigenvalue weighted by atomic mass is 15.1. The third-order valence-corrected chi connectivity index (χ3v) is 2.66. The van der Waals surface area contributed by atoms with E-state index in [-0.39, 0.29) is 0 Å². The van der Waals surface area contributed by atoms with Gasteiger partial charge in [-0.1, -0.05) is 26.0 Å². The van der Waals surface area contributed by atoms with Crippen LogP contribution in [0.2, 0.25) is 0 Å². The van der Waals surface area contributed by atoms with E-state index in [1.54, 1.807) is 0 Å². The fraction of sp³-hybridized carbons (Fsp3) is 0.571. The van der Waals surface area contributed by atoms with Gasteiger partial charge in [0.2, 0.25) is 0 Å². The summed E-state index contributed by atoms with van der Waals surface area (Å²) < 4.78 is 0. The van der Waals surface area contributed by atoms with Gasteiger partial charge in [0.15, 0.2) is 0 Å². The molecule has 16 heavy (non-hydrogen) atoms. The van der Waals surface area contributed by atoms with Crippen molar-refractivity contribution in [1.82, 2.24) is 4.90 Å². The molecule has 0 radical (unpaired) electrons. The predicted molar refractivity (Wildman–Crippen MR) is 72.2 cm³/mol. The monoisotopic (exact) mass is 220 g/mol. The van der Waals surface area contributed by atoms with Crippen molar-refractivity contribution in [2.24, 2.45) is 0 Å². The molecule has 1 aromatic rings. The highest BCUT2D eigenvalue weighted by molar-refractivity contribution is 5.46. The molecule has 0 atom stereocenters.